The molecule has 84 valence electrons. The fourth-order valence-electron chi connectivity index (χ4n) is 1.61. The zero-order chi connectivity index (χ0) is 11.3. The van der Waals surface area contributed by atoms with Gasteiger partial charge in [-0.15, -0.1) is 0 Å². The Hall–Kier alpha value is -1.16. The van der Waals surface area contributed by atoms with Crippen molar-refractivity contribution in [3.05, 3.63) is 27.9 Å². The Kier molecular flexibility index (Phi) is 4.49. The molecule has 1 aromatic rings. The van der Waals surface area contributed by atoms with Crippen molar-refractivity contribution in [3.8, 4) is 0 Å². The van der Waals surface area contributed by atoms with Gasteiger partial charge >= 0.3 is 0 Å². The van der Waals surface area contributed by atoms with E-state index in [1.165, 1.54) is 0 Å². The molecule has 0 saturated carbocycles. The molecule has 1 rings (SSSR count). The first kappa shape index (κ1) is 11.9. The second-order valence-electron chi connectivity index (χ2n) is 3.75. The molecule has 0 radical (unpaired) electrons. The van der Waals surface area contributed by atoms with Crippen LogP contribution in [-0.2, 0) is 6.54 Å². The largest absolute Gasteiger partial charge is 0.320 e. The third kappa shape index (κ3) is 3.47. The third-order valence-electron chi connectivity index (χ3n) is 2.39. The molecule has 0 aliphatic carbocycles. The molecular weight excluding hydrogens is 190 g/mol. The Balaban J connectivity index is 2.65. The molecule has 0 amide bonds. The van der Waals surface area contributed by atoms with Gasteiger partial charge < -0.3 is 5.32 Å². The summed E-state index contributed by atoms with van der Waals surface area (Å²) in [4.78, 5) is 15.9. The average molecular weight is 209 g/mol. The lowest BCUT2D eigenvalue weighted by Gasteiger charge is -2.09. The minimum Gasteiger partial charge on any atom is -0.320 e. The molecule has 0 aliphatic heterocycles. The summed E-state index contributed by atoms with van der Waals surface area (Å²) in [6, 6.07) is 1.59. The number of nitrogens with zero attached hydrogens (tertiary/aromatic N) is 2. The van der Waals surface area contributed by atoms with Crippen molar-refractivity contribution in [1.29, 1.82) is 0 Å². The Morgan fingerprint density at radius 1 is 1.40 bits per heavy atom. The molecule has 0 atom stereocenters. The zero-order valence-corrected chi connectivity index (χ0v) is 9.71. The number of unbranched alkanes of at least 4 members (excludes halogenated alkanes) is 1. The SMILES string of the molecule is CNCCCCn1c(C)nc(C)cc1=O. The molecule has 0 spiro atoms. The molecule has 1 N–H and O–H groups in total. The molecule has 4 heteroatoms. The van der Waals surface area contributed by atoms with E-state index < -0.39 is 0 Å². The van der Waals surface area contributed by atoms with Gasteiger partial charge in [0.25, 0.3) is 5.56 Å². The number of rotatable bonds is 5. The van der Waals surface area contributed by atoms with E-state index in [4.69, 9.17) is 0 Å². The minimum absolute atomic E-state index is 0.0597. The van der Waals surface area contributed by atoms with E-state index in [1.807, 2.05) is 20.9 Å². The van der Waals surface area contributed by atoms with Crippen LogP contribution in [0.4, 0.5) is 0 Å². The van der Waals surface area contributed by atoms with Crippen LogP contribution >= 0.6 is 0 Å². The fourth-order valence-corrected chi connectivity index (χ4v) is 1.61. The van der Waals surface area contributed by atoms with E-state index >= 15 is 0 Å². The molecule has 1 aromatic heterocycles. The first-order valence-corrected chi connectivity index (χ1v) is 5.35. The van der Waals surface area contributed by atoms with Crippen LogP contribution in [0.2, 0.25) is 0 Å². The molecule has 4 nitrogen and oxygen atoms in total. The lowest BCUT2D eigenvalue weighted by molar-refractivity contribution is 0.557. The van der Waals surface area contributed by atoms with Crippen molar-refractivity contribution in [2.75, 3.05) is 13.6 Å². The van der Waals surface area contributed by atoms with Gasteiger partial charge in [0.1, 0.15) is 5.82 Å². The van der Waals surface area contributed by atoms with Crippen LogP contribution < -0.4 is 10.9 Å². The summed E-state index contributed by atoms with van der Waals surface area (Å²) < 4.78 is 1.74. The van der Waals surface area contributed by atoms with Gasteiger partial charge in [-0.1, -0.05) is 0 Å². The van der Waals surface area contributed by atoms with Crippen LogP contribution in [0.1, 0.15) is 24.4 Å². The van der Waals surface area contributed by atoms with E-state index in [-0.39, 0.29) is 5.56 Å². The van der Waals surface area contributed by atoms with Crippen molar-refractivity contribution in [3.63, 3.8) is 0 Å². The van der Waals surface area contributed by atoms with E-state index in [0.29, 0.717) is 0 Å². The Morgan fingerprint density at radius 3 is 2.73 bits per heavy atom. The van der Waals surface area contributed by atoms with Crippen LogP contribution in [0, 0.1) is 13.8 Å². The van der Waals surface area contributed by atoms with Crippen molar-refractivity contribution in [2.45, 2.75) is 33.2 Å². The van der Waals surface area contributed by atoms with E-state index in [0.717, 1.165) is 37.4 Å². The lowest BCUT2D eigenvalue weighted by Crippen LogP contribution is -2.24. The van der Waals surface area contributed by atoms with Gasteiger partial charge in [-0.2, -0.15) is 0 Å². The molecule has 0 saturated heterocycles. The first-order valence-electron chi connectivity index (χ1n) is 5.35. The molecule has 0 aliphatic rings. The topological polar surface area (TPSA) is 46.9 Å². The second-order valence-corrected chi connectivity index (χ2v) is 3.75. The summed E-state index contributed by atoms with van der Waals surface area (Å²) >= 11 is 0. The summed E-state index contributed by atoms with van der Waals surface area (Å²) in [7, 11) is 1.94. The third-order valence-corrected chi connectivity index (χ3v) is 2.39. The van der Waals surface area contributed by atoms with Crippen LogP contribution in [0.5, 0.6) is 0 Å². The number of nitrogens with one attached hydrogen (secondary N) is 1. The predicted octanol–water partition coefficient (Wildman–Crippen LogP) is 0.860. The highest BCUT2D eigenvalue weighted by atomic mass is 16.1. The Bertz CT molecular complexity index is 371. The summed E-state index contributed by atoms with van der Waals surface area (Å²) in [6.45, 7) is 5.49. The van der Waals surface area contributed by atoms with E-state index in [1.54, 1.807) is 10.6 Å². The monoisotopic (exact) mass is 209 g/mol. The first-order chi connectivity index (χ1) is 7.15. The van der Waals surface area contributed by atoms with Gasteiger partial charge in [0.05, 0.1) is 0 Å². The summed E-state index contributed by atoms with van der Waals surface area (Å²) in [6.07, 6.45) is 2.09. The van der Waals surface area contributed by atoms with Gasteiger partial charge in [0, 0.05) is 18.3 Å². The quantitative estimate of drug-likeness (QED) is 0.732. The molecule has 0 fully saturated rings. The van der Waals surface area contributed by atoms with Gasteiger partial charge in [-0.25, -0.2) is 4.98 Å². The molecule has 0 aromatic carbocycles. The van der Waals surface area contributed by atoms with Crippen LogP contribution in [0.15, 0.2) is 10.9 Å². The number of aryl methyl sites for hydroxylation is 2. The second kappa shape index (κ2) is 5.66. The van der Waals surface area contributed by atoms with Gasteiger partial charge in [-0.05, 0) is 40.3 Å². The highest BCUT2D eigenvalue weighted by Gasteiger charge is 2.01. The van der Waals surface area contributed by atoms with Crippen molar-refractivity contribution < 1.29 is 0 Å². The zero-order valence-electron chi connectivity index (χ0n) is 9.71. The smallest absolute Gasteiger partial charge is 0.253 e. The Labute approximate surface area is 90.3 Å². The maximum Gasteiger partial charge on any atom is 0.253 e. The molecule has 1 heterocycles. The summed E-state index contributed by atoms with van der Waals surface area (Å²) in [5, 5.41) is 3.09. The number of hydrogen-bond donors (Lipinski definition) is 1. The van der Waals surface area contributed by atoms with Crippen LogP contribution in [0.3, 0.4) is 0 Å². The standard InChI is InChI=1S/C11H19N3O/c1-9-8-11(15)14(10(2)13-9)7-5-4-6-12-3/h8,12H,4-7H2,1-3H3. The van der Waals surface area contributed by atoms with Gasteiger partial charge in [0.2, 0.25) is 0 Å². The summed E-state index contributed by atoms with van der Waals surface area (Å²) in [5.41, 5.74) is 0.855. The molecule has 0 bridgehead atoms. The molecule has 0 unspecified atom stereocenters. The maximum atomic E-state index is 11.6. The van der Waals surface area contributed by atoms with Crippen LogP contribution in [0.25, 0.3) is 0 Å². The van der Waals surface area contributed by atoms with E-state index in [2.05, 4.69) is 10.3 Å². The van der Waals surface area contributed by atoms with Crippen molar-refractivity contribution >= 4 is 0 Å². The summed E-state index contributed by atoms with van der Waals surface area (Å²) in [5.74, 6) is 0.810. The lowest BCUT2D eigenvalue weighted by atomic mass is 10.3. The van der Waals surface area contributed by atoms with Crippen LogP contribution in [-0.4, -0.2) is 23.1 Å². The maximum absolute atomic E-state index is 11.6. The van der Waals surface area contributed by atoms with Crippen molar-refractivity contribution in [1.82, 2.24) is 14.9 Å². The fraction of sp³-hybridized carbons (Fsp3) is 0.636. The number of hydrogen-bond acceptors (Lipinski definition) is 3. The van der Waals surface area contributed by atoms with E-state index in [9.17, 15) is 4.79 Å². The highest BCUT2D eigenvalue weighted by molar-refractivity contribution is 5.01. The van der Waals surface area contributed by atoms with Crippen molar-refractivity contribution in [2.24, 2.45) is 0 Å². The average Bonchev–Trinajstić information content (AvgIpc) is 2.15. The van der Waals surface area contributed by atoms with Gasteiger partial charge in [0.15, 0.2) is 0 Å². The highest BCUT2D eigenvalue weighted by Crippen LogP contribution is 1.97. The molecule has 15 heavy (non-hydrogen) atoms. The van der Waals surface area contributed by atoms with Gasteiger partial charge in [-0.3, -0.25) is 9.36 Å². The predicted molar refractivity (Wildman–Crippen MR) is 61.1 cm³/mol. The number of aromatic nitrogens is 2. The normalized spacial score (nSPS) is 10.6. The molecular formula is C11H19N3O. The Morgan fingerprint density at radius 2 is 2.13 bits per heavy atom. The minimum atomic E-state index is 0.0597.